The van der Waals surface area contributed by atoms with Gasteiger partial charge in [-0.2, -0.15) is 0 Å². The number of carboxylic acid groups (broad SMARTS) is 1. The van der Waals surface area contributed by atoms with Crippen molar-refractivity contribution >= 4 is 11.8 Å². The van der Waals surface area contributed by atoms with E-state index >= 15 is 0 Å². The number of rotatable bonds is 5. The number of pyridine rings is 1. The van der Waals surface area contributed by atoms with Crippen molar-refractivity contribution in [2.45, 2.75) is 20.0 Å². The van der Waals surface area contributed by atoms with Crippen molar-refractivity contribution in [2.75, 3.05) is 0 Å². The molecule has 2 aromatic heterocycles. The van der Waals surface area contributed by atoms with Gasteiger partial charge in [0.05, 0.1) is 11.1 Å². The van der Waals surface area contributed by atoms with Gasteiger partial charge in [0.25, 0.3) is 6.43 Å². The van der Waals surface area contributed by atoms with Crippen LogP contribution in [0.5, 0.6) is 11.6 Å². The third-order valence-electron chi connectivity index (χ3n) is 3.74. The largest absolute Gasteiger partial charge is 0.512 e. The van der Waals surface area contributed by atoms with Crippen LogP contribution in [-0.4, -0.2) is 20.6 Å². The first-order valence-electron chi connectivity index (χ1n) is 7.55. The van der Waals surface area contributed by atoms with Crippen LogP contribution >= 0.6 is 0 Å². The molecule has 0 atom stereocenters. The van der Waals surface area contributed by atoms with Crippen LogP contribution in [-0.2, 0) is 6.61 Å². The summed E-state index contributed by atoms with van der Waals surface area (Å²) < 4.78 is 65.3. The van der Waals surface area contributed by atoms with E-state index in [2.05, 4.69) is 9.72 Å². The Labute approximate surface area is 149 Å². The van der Waals surface area contributed by atoms with Crippen LogP contribution in [0.4, 0.5) is 22.4 Å². The number of hydrogen-bond donors (Lipinski definition) is 1. The Bertz CT molecular complexity index is 1000. The van der Waals surface area contributed by atoms with E-state index in [-0.39, 0.29) is 17.2 Å². The van der Waals surface area contributed by atoms with E-state index in [9.17, 15) is 22.4 Å². The Balaban J connectivity index is 2.09. The van der Waals surface area contributed by atoms with E-state index in [0.717, 1.165) is 34.9 Å². The van der Waals surface area contributed by atoms with Gasteiger partial charge in [0.15, 0.2) is 11.4 Å². The van der Waals surface area contributed by atoms with Crippen LogP contribution < -0.4 is 9.47 Å². The number of aromatic nitrogens is 2. The number of benzene rings is 1. The standard InChI is InChI=1S/C17H12F4N2O4/c1-8-16(27-17(24)25)23-6-5-9(14(20)21)13(15(23)22-8)26-7-10-11(18)3-2-4-12(10)19/h2-6,14H,7H2,1H3,(H,24,25). The summed E-state index contributed by atoms with van der Waals surface area (Å²) in [6.07, 6.45) is -3.43. The lowest BCUT2D eigenvalue weighted by Crippen LogP contribution is -2.07. The second-order valence-corrected chi connectivity index (χ2v) is 5.45. The maximum Gasteiger partial charge on any atom is 0.512 e. The number of carbonyl (C=O) groups is 1. The topological polar surface area (TPSA) is 73.1 Å². The molecule has 0 fully saturated rings. The molecule has 1 aromatic carbocycles. The number of hydrogen-bond acceptors (Lipinski definition) is 4. The lowest BCUT2D eigenvalue weighted by molar-refractivity contribution is 0.140. The van der Waals surface area contributed by atoms with Crippen LogP contribution in [0.2, 0.25) is 0 Å². The molecule has 0 spiro atoms. The van der Waals surface area contributed by atoms with E-state index in [0.29, 0.717) is 0 Å². The average Bonchev–Trinajstić information content (AvgIpc) is 2.89. The van der Waals surface area contributed by atoms with Gasteiger partial charge in [0, 0.05) is 6.20 Å². The number of fused-ring (bicyclic) bond motifs is 1. The Morgan fingerprint density at radius 3 is 2.52 bits per heavy atom. The van der Waals surface area contributed by atoms with Gasteiger partial charge in [-0.15, -0.1) is 0 Å². The van der Waals surface area contributed by atoms with Crippen molar-refractivity contribution in [2.24, 2.45) is 0 Å². The van der Waals surface area contributed by atoms with Crippen molar-refractivity contribution in [1.29, 1.82) is 0 Å². The van der Waals surface area contributed by atoms with E-state index in [1.165, 1.54) is 6.92 Å². The lowest BCUT2D eigenvalue weighted by Gasteiger charge is -2.13. The maximum absolute atomic E-state index is 13.8. The first kappa shape index (κ1) is 18.5. The van der Waals surface area contributed by atoms with Gasteiger partial charge < -0.3 is 14.6 Å². The smallest absolute Gasteiger partial charge is 0.484 e. The van der Waals surface area contributed by atoms with E-state index in [4.69, 9.17) is 9.84 Å². The molecule has 3 rings (SSSR count). The molecule has 1 N–H and O–H groups in total. The summed E-state index contributed by atoms with van der Waals surface area (Å²) in [4.78, 5) is 14.8. The predicted octanol–water partition coefficient (Wildman–Crippen LogP) is 4.49. The molecule has 142 valence electrons. The van der Waals surface area contributed by atoms with Gasteiger partial charge in [-0.25, -0.2) is 27.3 Å². The SMILES string of the molecule is Cc1nc2c(OCc3c(F)cccc3F)c(C(F)F)ccn2c1OC(=O)O. The molecular weight excluding hydrogens is 372 g/mol. The zero-order chi connectivity index (χ0) is 19.7. The van der Waals surface area contributed by atoms with Crippen molar-refractivity contribution < 1.29 is 36.9 Å². The molecule has 0 bridgehead atoms. The first-order valence-corrected chi connectivity index (χ1v) is 7.55. The van der Waals surface area contributed by atoms with Crippen LogP contribution in [0.3, 0.4) is 0 Å². The molecule has 10 heteroatoms. The van der Waals surface area contributed by atoms with Gasteiger partial charge in [-0.05, 0) is 25.1 Å². The van der Waals surface area contributed by atoms with Crippen LogP contribution in [0.25, 0.3) is 5.65 Å². The fraction of sp³-hybridized carbons (Fsp3) is 0.176. The summed E-state index contributed by atoms with van der Waals surface area (Å²) in [5.74, 6) is -2.43. The Hall–Kier alpha value is -3.30. The predicted molar refractivity (Wildman–Crippen MR) is 84.2 cm³/mol. The molecule has 0 aliphatic heterocycles. The molecule has 0 saturated carbocycles. The van der Waals surface area contributed by atoms with E-state index in [1.807, 2.05) is 0 Å². The molecule has 3 aromatic rings. The minimum absolute atomic E-state index is 0.103. The molecule has 27 heavy (non-hydrogen) atoms. The number of halogens is 4. The molecule has 2 heterocycles. The molecule has 0 aliphatic carbocycles. The fourth-order valence-electron chi connectivity index (χ4n) is 2.53. The number of imidazole rings is 1. The second-order valence-electron chi connectivity index (χ2n) is 5.45. The summed E-state index contributed by atoms with van der Waals surface area (Å²) in [7, 11) is 0. The highest BCUT2D eigenvalue weighted by Crippen LogP contribution is 2.36. The molecule has 0 aliphatic rings. The van der Waals surface area contributed by atoms with Gasteiger partial charge >= 0.3 is 6.16 Å². The Morgan fingerprint density at radius 2 is 1.93 bits per heavy atom. The summed E-state index contributed by atoms with van der Waals surface area (Å²) in [5.41, 5.74) is -1.07. The minimum Gasteiger partial charge on any atom is -0.484 e. The third-order valence-corrected chi connectivity index (χ3v) is 3.74. The number of aryl methyl sites for hydroxylation is 1. The van der Waals surface area contributed by atoms with Crippen molar-refractivity contribution in [3.8, 4) is 11.6 Å². The number of nitrogens with zero attached hydrogens (tertiary/aromatic N) is 2. The van der Waals surface area contributed by atoms with Crippen molar-refractivity contribution in [3.63, 3.8) is 0 Å². The lowest BCUT2D eigenvalue weighted by atomic mass is 10.2. The summed E-state index contributed by atoms with van der Waals surface area (Å²) in [5, 5.41) is 8.80. The van der Waals surface area contributed by atoms with E-state index < -0.39 is 47.7 Å². The van der Waals surface area contributed by atoms with Gasteiger partial charge in [0.1, 0.15) is 23.9 Å². The van der Waals surface area contributed by atoms with Crippen LogP contribution in [0.1, 0.15) is 23.2 Å². The molecule has 0 unspecified atom stereocenters. The molecule has 0 amide bonds. The highest BCUT2D eigenvalue weighted by molar-refractivity contribution is 5.65. The highest BCUT2D eigenvalue weighted by Gasteiger charge is 2.23. The third kappa shape index (κ3) is 3.50. The zero-order valence-corrected chi connectivity index (χ0v) is 13.7. The summed E-state index contributed by atoms with van der Waals surface area (Å²) in [6.45, 7) is 0.743. The molecule has 0 saturated heterocycles. The second kappa shape index (κ2) is 7.14. The monoisotopic (exact) mass is 384 g/mol. The van der Waals surface area contributed by atoms with Gasteiger partial charge in [-0.3, -0.25) is 4.40 Å². The summed E-state index contributed by atoms with van der Waals surface area (Å²) in [6, 6.07) is 4.16. The van der Waals surface area contributed by atoms with Gasteiger partial charge in [-0.1, -0.05) is 6.07 Å². The van der Waals surface area contributed by atoms with E-state index in [1.54, 1.807) is 0 Å². The molecule has 0 radical (unpaired) electrons. The molecule has 6 nitrogen and oxygen atoms in total. The molecular formula is C17H12F4N2O4. The van der Waals surface area contributed by atoms with Gasteiger partial charge in [0.2, 0.25) is 5.88 Å². The quantitative estimate of drug-likeness (QED) is 0.518. The average molecular weight is 384 g/mol. The maximum atomic E-state index is 13.8. The van der Waals surface area contributed by atoms with Crippen molar-refractivity contribution in [3.05, 3.63) is 58.9 Å². The first-order chi connectivity index (χ1) is 12.8. The number of ether oxygens (including phenoxy) is 2. The van der Waals surface area contributed by atoms with Crippen molar-refractivity contribution in [1.82, 2.24) is 9.38 Å². The number of alkyl halides is 2. The van der Waals surface area contributed by atoms with Crippen LogP contribution in [0.15, 0.2) is 30.5 Å². The fourth-order valence-corrected chi connectivity index (χ4v) is 2.53. The summed E-state index contributed by atoms with van der Waals surface area (Å²) >= 11 is 0. The Kier molecular flexibility index (Phi) is 4.89. The Morgan fingerprint density at radius 1 is 1.26 bits per heavy atom. The zero-order valence-electron chi connectivity index (χ0n) is 13.7. The normalized spacial score (nSPS) is 11.2. The minimum atomic E-state index is -2.96. The van der Waals surface area contributed by atoms with Crippen LogP contribution in [0, 0.1) is 18.6 Å². The highest BCUT2D eigenvalue weighted by atomic mass is 19.3.